The number of rotatable bonds is 6. The van der Waals surface area contributed by atoms with Crippen LogP contribution in [0.2, 0.25) is 0 Å². The van der Waals surface area contributed by atoms with Gasteiger partial charge >= 0.3 is 0 Å². The topological polar surface area (TPSA) is 3.24 Å². The Morgan fingerprint density at radius 3 is 1.61 bits per heavy atom. The van der Waals surface area contributed by atoms with Crippen LogP contribution in [0.15, 0.2) is 212 Å². The molecule has 0 saturated carbocycles. The second kappa shape index (κ2) is 12.8. The molecule has 2 aliphatic rings. The van der Waals surface area contributed by atoms with Crippen LogP contribution in [0.4, 0.5) is 17.1 Å². The van der Waals surface area contributed by atoms with Crippen LogP contribution >= 0.6 is 0 Å². The molecule has 1 heteroatoms. The van der Waals surface area contributed by atoms with Gasteiger partial charge in [0.15, 0.2) is 0 Å². The zero-order chi connectivity index (χ0) is 38.1. The van der Waals surface area contributed by atoms with Crippen LogP contribution in [-0.4, -0.2) is 0 Å². The number of fused-ring (bicyclic) bond motifs is 8. The first-order chi connectivity index (χ1) is 28.0. The third-order valence-corrected chi connectivity index (χ3v) is 12.7. The minimum atomic E-state index is -0.547. The molecule has 0 bridgehead atoms. The minimum Gasteiger partial charge on any atom is -0.310 e. The lowest BCUT2D eigenvalue weighted by molar-refractivity contribution is 0.660. The van der Waals surface area contributed by atoms with Crippen LogP contribution in [0.1, 0.15) is 47.2 Å². The van der Waals surface area contributed by atoms with E-state index in [2.05, 4.69) is 231 Å². The summed E-state index contributed by atoms with van der Waals surface area (Å²) in [5.74, 6) is 0. The highest BCUT2D eigenvalue weighted by Crippen LogP contribution is 2.62. The van der Waals surface area contributed by atoms with Crippen molar-refractivity contribution in [2.45, 2.75) is 24.7 Å². The van der Waals surface area contributed by atoms with E-state index in [0.717, 1.165) is 11.4 Å². The molecule has 0 unspecified atom stereocenters. The molecule has 0 fully saturated rings. The van der Waals surface area contributed by atoms with Gasteiger partial charge in [0, 0.05) is 22.4 Å². The van der Waals surface area contributed by atoms with E-state index in [-0.39, 0.29) is 5.41 Å². The molecule has 0 N–H and O–H groups in total. The lowest BCUT2D eigenvalue weighted by Crippen LogP contribution is -2.29. The summed E-state index contributed by atoms with van der Waals surface area (Å²) in [6.07, 6.45) is 0. The summed E-state index contributed by atoms with van der Waals surface area (Å²) in [5, 5.41) is 2.49. The van der Waals surface area contributed by atoms with E-state index in [1.807, 2.05) is 0 Å². The van der Waals surface area contributed by atoms with E-state index in [9.17, 15) is 0 Å². The maximum absolute atomic E-state index is 2.53. The predicted molar refractivity (Wildman–Crippen MR) is 239 cm³/mol. The summed E-state index contributed by atoms with van der Waals surface area (Å²) in [7, 11) is 0. The minimum absolute atomic E-state index is 0.140. The summed E-state index contributed by atoms with van der Waals surface area (Å²) in [6.45, 7) is 4.75. The maximum Gasteiger partial charge on any atom is 0.0720 e. The third-order valence-electron chi connectivity index (χ3n) is 12.7. The van der Waals surface area contributed by atoms with Gasteiger partial charge in [-0.15, -0.1) is 0 Å². The van der Waals surface area contributed by atoms with Gasteiger partial charge in [0.25, 0.3) is 0 Å². The molecule has 0 aromatic heterocycles. The fourth-order valence-electron chi connectivity index (χ4n) is 10.2. The van der Waals surface area contributed by atoms with Crippen molar-refractivity contribution in [1.29, 1.82) is 0 Å². The molecule has 11 rings (SSSR count). The molecule has 270 valence electrons. The van der Waals surface area contributed by atoms with E-state index in [4.69, 9.17) is 0 Å². The second-order valence-electron chi connectivity index (χ2n) is 16.0. The first-order valence-corrected chi connectivity index (χ1v) is 20.0. The summed E-state index contributed by atoms with van der Waals surface area (Å²) >= 11 is 0. The molecular formula is C56H41N. The van der Waals surface area contributed by atoms with Crippen LogP contribution < -0.4 is 4.90 Å². The SMILES string of the molecule is CC1(C)c2ccccc2-c2ccc(N(c3ccc(-c4ccccc4)cc3)c3cc4ccccc4c4c3-c3ccccc3C4(c3ccccc3)c3ccccc3)cc21. The van der Waals surface area contributed by atoms with Crippen molar-refractivity contribution in [3.05, 3.63) is 246 Å². The highest BCUT2D eigenvalue weighted by Gasteiger charge is 2.48. The van der Waals surface area contributed by atoms with Crippen molar-refractivity contribution in [3.63, 3.8) is 0 Å². The Balaban J connectivity index is 1.25. The lowest BCUT2D eigenvalue weighted by Gasteiger charge is -2.35. The van der Waals surface area contributed by atoms with E-state index in [1.165, 1.54) is 83.2 Å². The van der Waals surface area contributed by atoms with Gasteiger partial charge in [0.05, 0.1) is 11.1 Å². The molecule has 1 nitrogen and oxygen atoms in total. The van der Waals surface area contributed by atoms with Gasteiger partial charge < -0.3 is 4.90 Å². The van der Waals surface area contributed by atoms with Gasteiger partial charge in [-0.25, -0.2) is 0 Å². The Kier molecular flexibility index (Phi) is 7.50. The number of hydrogen-bond acceptors (Lipinski definition) is 1. The summed E-state index contributed by atoms with van der Waals surface area (Å²) in [6, 6.07) is 78.8. The number of hydrogen-bond donors (Lipinski definition) is 0. The van der Waals surface area contributed by atoms with Gasteiger partial charge in [-0.05, 0) is 102 Å². The van der Waals surface area contributed by atoms with Crippen molar-refractivity contribution in [1.82, 2.24) is 0 Å². The van der Waals surface area contributed by atoms with E-state index in [0.29, 0.717) is 0 Å². The quantitative estimate of drug-likeness (QED) is 0.165. The normalized spacial score (nSPS) is 14.1. The van der Waals surface area contributed by atoms with Crippen LogP contribution in [0.25, 0.3) is 44.2 Å². The molecule has 0 aliphatic heterocycles. The fourth-order valence-corrected chi connectivity index (χ4v) is 10.2. The Bertz CT molecular complexity index is 2920. The summed E-state index contributed by atoms with van der Waals surface area (Å²) in [5.41, 5.74) is 18.2. The lowest BCUT2D eigenvalue weighted by atomic mass is 9.66. The molecule has 9 aromatic rings. The van der Waals surface area contributed by atoms with E-state index < -0.39 is 5.41 Å². The highest BCUT2D eigenvalue weighted by atomic mass is 15.1. The maximum atomic E-state index is 2.53. The average Bonchev–Trinajstić information content (AvgIpc) is 3.72. The van der Waals surface area contributed by atoms with Crippen LogP contribution in [0, 0.1) is 0 Å². The Morgan fingerprint density at radius 2 is 0.912 bits per heavy atom. The Hall–Kier alpha value is -6.96. The van der Waals surface area contributed by atoms with Crippen molar-refractivity contribution in [3.8, 4) is 33.4 Å². The highest BCUT2D eigenvalue weighted by molar-refractivity contribution is 6.08. The summed E-state index contributed by atoms with van der Waals surface area (Å²) in [4.78, 5) is 2.53. The standard InChI is InChI=1S/C56H41N/c1-55(2)49-28-16-14-26-46(49)47-35-34-44(37-51(47)55)57(43-32-30-39(31-33-43)38-18-6-3-7-19-38)52-36-40-20-12-13-25-45(40)54-53(52)48-27-15-17-29-50(48)56(54,41-21-8-4-9-22-41)42-23-10-5-11-24-42/h3-37H,1-2H3. The van der Waals surface area contributed by atoms with E-state index >= 15 is 0 Å². The first kappa shape index (κ1) is 33.4. The smallest absolute Gasteiger partial charge is 0.0720 e. The predicted octanol–water partition coefficient (Wildman–Crippen LogP) is 14.6. The first-order valence-electron chi connectivity index (χ1n) is 20.0. The van der Waals surface area contributed by atoms with Crippen molar-refractivity contribution in [2.24, 2.45) is 0 Å². The molecule has 0 radical (unpaired) electrons. The molecule has 0 saturated heterocycles. The molecule has 9 aromatic carbocycles. The van der Waals surface area contributed by atoms with Crippen LogP contribution in [-0.2, 0) is 10.8 Å². The molecule has 0 spiro atoms. The van der Waals surface area contributed by atoms with Gasteiger partial charge in [-0.1, -0.05) is 196 Å². The van der Waals surface area contributed by atoms with Gasteiger partial charge in [-0.2, -0.15) is 0 Å². The molecular weight excluding hydrogens is 687 g/mol. The van der Waals surface area contributed by atoms with Gasteiger partial charge in [0.1, 0.15) is 0 Å². The zero-order valence-corrected chi connectivity index (χ0v) is 32.2. The Labute approximate surface area is 335 Å². The second-order valence-corrected chi connectivity index (χ2v) is 16.0. The molecule has 2 aliphatic carbocycles. The molecule has 57 heavy (non-hydrogen) atoms. The van der Waals surface area contributed by atoms with Gasteiger partial charge in [-0.3, -0.25) is 0 Å². The Morgan fingerprint density at radius 1 is 0.386 bits per heavy atom. The number of anilines is 3. The van der Waals surface area contributed by atoms with Crippen molar-refractivity contribution in [2.75, 3.05) is 4.90 Å². The molecule has 0 atom stereocenters. The van der Waals surface area contributed by atoms with Crippen molar-refractivity contribution < 1.29 is 0 Å². The number of benzene rings is 9. The average molecular weight is 728 g/mol. The fraction of sp³-hybridized carbons (Fsp3) is 0.0714. The van der Waals surface area contributed by atoms with E-state index in [1.54, 1.807) is 0 Å². The largest absolute Gasteiger partial charge is 0.310 e. The van der Waals surface area contributed by atoms with Crippen LogP contribution in [0.3, 0.4) is 0 Å². The summed E-state index contributed by atoms with van der Waals surface area (Å²) < 4.78 is 0. The van der Waals surface area contributed by atoms with Crippen LogP contribution in [0.5, 0.6) is 0 Å². The zero-order valence-electron chi connectivity index (χ0n) is 32.2. The number of nitrogens with zero attached hydrogens (tertiary/aromatic N) is 1. The molecule has 0 amide bonds. The van der Waals surface area contributed by atoms with Crippen molar-refractivity contribution >= 4 is 27.8 Å². The monoisotopic (exact) mass is 727 g/mol. The third kappa shape index (κ3) is 4.89. The van der Waals surface area contributed by atoms with Gasteiger partial charge in [0.2, 0.25) is 0 Å². The molecule has 0 heterocycles.